The van der Waals surface area contributed by atoms with Gasteiger partial charge in [0.2, 0.25) is 10.0 Å². The molecule has 1 N–H and O–H groups in total. The lowest BCUT2D eigenvalue weighted by Crippen LogP contribution is -2.28. The summed E-state index contributed by atoms with van der Waals surface area (Å²) in [7, 11) is -3.50. The summed E-state index contributed by atoms with van der Waals surface area (Å²) in [4.78, 5) is 8.51. The Morgan fingerprint density at radius 2 is 1.84 bits per heavy atom. The number of halogens is 1. The number of sulfonamides is 1. The van der Waals surface area contributed by atoms with Gasteiger partial charge in [-0.05, 0) is 29.8 Å². The molecule has 0 spiro atoms. The molecule has 2 heterocycles. The first-order valence-corrected chi connectivity index (χ1v) is 9.33. The highest BCUT2D eigenvalue weighted by molar-refractivity contribution is 7.88. The highest BCUT2D eigenvalue weighted by Gasteiger charge is 2.12. The molecule has 3 rings (SSSR count). The molecule has 0 atom stereocenters. The monoisotopic (exact) mass is 360 g/mol. The molecule has 0 radical (unpaired) electrons. The number of nitrogens with zero attached hydrogens (tertiary/aromatic N) is 3. The second-order valence-corrected chi connectivity index (χ2v) is 7.25. The average molecular weight is 360 g/mol. The van der Waals surface area contributed by atoms with Crippen LogP contribution in [0.3, 0.4) is 0 Å². The summed E-state index contributed by atoms with van der Waals surface area (Å²) < 4.78 is 41.5. The van der Waals surface area contributed by atoms with Crippen molar-refractivity contribution in [2.24, 2.45) is 0 Å². The van der Waals surface area contributed by atoms with E-state index in [1.807, 2.05) is 22.8 Å². The fraction of sp³-hybridized carbons (Fsp3) is 0.176. The number of imidazole rings is 1. The molecule has 1 aromatic carbocycles. The molecular formula is C17H17FN4O2S. The third kappa shape index (κ3) is 4.71. The van der Waals surface area contributed by atoms with Crippen molar-refractivity contribution in [3.63, 3.8) is 0 Å². The van der Waals surface area contributed by atoms with Crippen molar-refractivity contribution < 1.29 is 12.8 Å². The van der Waals surface area contributed by atoms with Crippen LogP contribution in [0.5, 0.6) is 0 Å². The Morgan fingerprint density at radius 3 is 2.56 bits per heavy atom. The van der Waals surface area contributed by atoms with E-state index < -0.39 is 15.8 Å². The molecule has 0 aliphatic carbocycles. The normalized spacial score (nSPS) is 11.6. The molecule has 2 aromatic heterocycles. The minimum absolute atomic E-state index is 0.190. The Balaban J connectivity index is 1.60. The quantitative estimate of drug-likeness (QED) is 0.701. The van der Waals surface area contributed by atoms with E-state index in [4.69, 9.17) is 0 Å². The minimum Gasteiger partial charge on any atom is -0.328 e. The summed E-state index contributed by atoms with van der Waals surface area (Å²) >= 11 is 0. The lowest BCUT2D eigenvalue weighted by molar-refractivity contribution is 0.572. The number of aromatic nitrogens is 3. The predicted molar refractivity (Wildman–Crippen MR) is 92.5 cm³/mol. The maximum Gasteiger partial charge on any atom is 0.215 e. The molecule has 0 saturated carbocycles. The van der Waals surface area contributed by atoms with Crippen LogP contribution in [0.1, 0.15) is 5.56 Å². The standard InChI is InChI=1S/C17H17FN4O2S/c18-15-6-4-14(5-7-15)13-25(23,24)21-10-12-22-11-9-20-17(22)16-3-1-2-8-19-16/h1-9,11,21H,10,12-13H2. The van der Waals surface area contributed by atoms with E-state index in [0.29, 0.717) is 17.9 Å². The van der Waals surface area contributed by atoms with Crippen molar-refractivity contribution in [1.29, 1.82) is 0 Å². The van der Waals surface area contributed by atoms with Gasteiger partial charge in [-0.1, -0.05) is 18.2 Å². The number of rotatable bonds is 7. The number of hydrogen-bond donors (Lipinski definition) is 1. The molecule has 0 unspecified atom stereocenters. The fourth-order valence-electron chi connectivity index (χ4n) is 2.39. The topological polar surface area (TPSA) is 76.9 Å². The molecule has 0 aliphatic rings. The first-order valence-electron chi connectivity index (χ1n) is 7.68. The Labute approximate surface area is 145 Å². The van der Waals surface area contributed by atoms with E-state index in [1.165, 1.54) is 24.3 Å². The Morgan fingerprint density at radius 1 is 1.04 bits per heavy atom. The predicted octanol–water partition coefficient (Wildman–Crippen LogP) is 2.20. The molecule has 0 aliphatic heterocycles. The van der Waals surface area contributed by atoms with Gasteiger partial charge < -0.3 is 4.57 Å². The van der Waals surface area contributed by atoms with Crippen LogP contribution in [0.2, 0.25) is 0 Å². The molecule has 6 nitrogen and oxygen atoms in total. The third-order valence-corrected chi connectivity index (χ3v) is 4.91. The van der Waals surface area contributed by atoms with Crippen LogP contribution < -0.4 is 4.72 Å². The van der Waals surface area contributed by atoms with E-state index in [2.05, 4.69) is 14.7 Å². The van der Waals surface area contributed by atoms with E-state index >= 15 is 0 Å². The fourth-order valence-corrected chi connectivity index (χ4v) is 3.53. The molecule has 0 fully saturated rings. The van der Waals surface area contributed by atoms with Crippen molar-refractivity contribution in [3.05, 3.63) is 72.4 Å². The molecule has 8 heteroatoms. The summed E-state index contributed by atoms with van der Waals surface area (Å²) in [6.45, 7) is 0.647. The van der Waals surface area contributed by atoms with Gasteiger partial charge in [0.15, 0.2) is 5.82 Å². The Kier molecular flexibility index (Phi) is 5.20. The molecule has 0 saturated heterocycles. The highest BCUT2D eigenvalue weighted by Crippen LogP contribution is 2.13. The van der Waals surface area contributed by atoms with Crippen LogP contribution in [0.15, 0.2) is 61.1 Å². The zero-order valence-corrected chi connectivity index (χ0v) is 14.2. The van der Waals surface area contributed by atoms with Crippen molar-refractivity contribution in [2.45, 2.75) is 12.3 Å². The smallest absolute Gasteiger partial charge is 0.215 e. The van der Waals surface area contributed by atoms with Gasteiger partial charge in [-0.15, -0.1) is 0 Å². The summed E-state index contributed by atoms with van der Waals surface area (Å²) in [5, 5.41) is 0. The molecular weight excluding hydrogens is 343 g/mol. The zero-order chi connectivity index (χ0) is 17.7. The number of hydrogen-bond acceptors (Lipinski definition) is 4. The zero-order valence-electron chi connectivity index (χ0n) is 13.3. The van der Waals surface area contributed by atoms with E-state index in [1.54, 1.807) is 18.6 Å². The SMILES string of the molecule is O=S(=O)(Cc1ccc(F)cc1)NCCn1ccnc1-c1ccccn1. The summed E-state index contributed by atoms with van der Waals surface area (Å²) in [6, 6.07) is 10.9. The average Bonchev–Trinajstić information content (AvgIpc) is 3.06. The minimum atomic E-state index is -3.50. The summed E-state index contributed by atoms with van der Waals surface area (Å²) in [5.41, 5.74) is 1.26. The van der Waals surface area contributed by atoms with Crippen molar-refractivity contribution >= 4 is 10.0 Å². The van der Waals surface area contributed by atoms with Crippen LogP contribution in [0.4, 0.5) is 4.39 Å². The maximum atomic E-state index is 12.9. The van der Waals surface area contributed by atoms with E-state index in [9.17, 15) is 12.8 Å². The second-order valence-electron chi connectivity index (χ2n) is 5.44. The Hall–Kier alpha value is -2.58. The molecule has 130 valence electrons. The van der Waals surface area contributed by atoms with Gasteiger partial charge >= 0.3 is 0 Å². The van der Waals surface area contributed by atoms with E-state index in [0.717, 1.165) is 5.69 Å². The number of benzene rings is 1. The van der Waals surface area contributed by atoms with E-state index in [-0.39, 0.29) is 12.3 Å². The maximum absolute atomic E-state index is 12.9. The number of nitrogens with one attached hydrogen (secondary N) is 1. The van der Waals surface area contributed by atoms with Gasteiger partial charge in [0.05, 0.1) is 5.75 Å². The summed E-state index contributed by atoms with van der Waals surface area (Å²) in [6.07, 6.45) is 5.11. The summed E-state index contributed by atoms with van der Waals surface area (Å²) in [5.74, 6) is 0.0965. The van der Waals surface area contributed by atoms with Gasteiger partial charge in [0, 0.05) is 31.7 Å². The largest absolute Gasteiger partial charge is 0.328 e. The van der Waals surface area contributed by atoms with Crippen LogP contribution in [-0.4, -0.2) is 29.5 Å². The second kappa shape index (κ2) is 7.54. The highest BCUT2D eigenvalue weighted by atomic mass is 32.2. The van der Waals surface area contributed by atoms with Crippen LogP contribution >= 0.6 is 0 Å². The Bertz CT molecular complexity index is 925. The van der Waals surface area contributed by atoms with Crippen molar-refractivity contribution in [2.75, 3.05) is 6.54 Å². The van der Waals surface area contributed by atoms with Crippen molar-refractivity contribution in [1.82, 2.24) is 19.3 Å². The van der Waals surface area contributed by atoms with Gasteiger partial charge in [0.1, 0.15) is 11.5 Å². The lowest BCUT2D eigenvalue weighted by atomic mass is 10.2. The molecule has 0 bridgehead atoms. The first-order chi connectivity index (χ1) is 12.0. The molecule has 0 amide bonds. The number of pyridine rings is 1. The van der Waals surface area contributed by atoms with Crippen molar-refractivity contribution in [3.8, 4) is 11.5 Å². The van der Waals surface area contributed by atoms with Crippen LogP contribution in [0.25, 0.3) is 11.5 Å². The van der Waals surface area contributed by atoms with Crippen LogP contribution in [0, 0.1) is 5.82 Å². The van der Waals surface area contributed by atoms with Gasteiger partial charge in [-0.2, -0.15) is 0 Å². The van der Waals surface area contributed by atoms with Gasteiger partial charge in [-0.3, -0.25) is 4.98 Å². The van der Waals surface area contributed by atoms with Gasteiger partial charge in [-0.25, -0.2) is 22.5 Å². The third-order valence-electron chi connectivity index (χ3n) is 3.55. The van der Waals surface area contributed by atoms with Crippen LogP contribution in [-0.2, 0) is 22.3 Å². The molecule has 25 heavy (non-hydrogen) atoms. The first kappa shape index (κ1) is 17.2. The van der Waals surface area contributed by atoms with Gasteiger partial charge in [0.25, 0.3) is 0 Å². The lowest BCUT2D eigenvalue weighted by Gasteiger charge is -2.09. The molecule has 3 aromatic rings.